The van der Waals surface area contributed by atoms with Gasteiger partial charge in [-0.05, 0) is 44.0 Å². The first-order valence-electron chi connectivity index (χ1n) is 6.24. The molecule has 0 saturated heterocycles. The molecule has 1 atom stereocenters. The molecular formula is C14H22N2O3. The number of nitrogens with two attached hydrogens (primary N) is 1. The van der Waals surface area contributed by atoms with Crippen LogP contribution in [0.15, 0.2) is 24.3 Å². The second-order valence-corrected chi connectivity index (χ2v) is 4.95. The molecule has 0 bridgehead atoms. The molecule has 0 aliphatic rings. The molecular weight excluding hydrogens is 244 g/mol. The van der Waals surface area contributed by atoms with Gasteiger partial charge in [0.25, 0.3) is 0 Å². The molecule has 0 heterocycles. The first-order chi connectivity index (χ1) is 8.86. The van der Waals surface area contributed by atoms with Crippen molar-refractivity contribution >= 4 is 11.7 Å². The zero-order valence-corrected chi connectivity index (χ0v) is 11.7. The van der Waals surface area contributed by atoms with Crippen LogP contribution in [0.1, 0.15) is 19.8 Å². The summed E-state index contributed by atoms with van der Waals surface area (Å²) < 4.78 is 5.10. The van der Waals surface area contributed by atoms with Gasteiger partial charge < -0.3 is 20.5 Å². The van der Waals surface area contributed by atoms with Crippen molar-refractivity contribution in [2.45, 2.75) is 25.3 Å². The van der Waals surface area contributed by atoms with Crippen LogP contribution in [0.25, 0.3) is 0 Å². The number of hydrogen-bond donors (Lipinski definition) is 2. The van der Waals surface area contributed by atoms with Gasteiger partial charge in [-0.3, -0.25) is 4.79 Å². The van der Waals surface area contributed by atoms with Crippen molar-refractivity contribution in [2.75, 3.05) is 25.6 Å². The Morgan fingerprint density at radius 1 is 1.42 bits per heavy atom. The maximum atomic E-state index is 10.9. The van der Waals surface area contributed by atoms with E-state index in [0.29, 0.717) is 6.42 Å². The predicted molar refractivity (Wildman–Crippen MR) is 75.7 cm³/mol. The number of ether oxygens (including phenoxy) is 1. The molecule has 106 valence electrons. The maximum absolute atomic E-state index is 10.9. The molecule has 1 aromatic rings. The monoisotopic (exact) mass is 266 g/mol. The molecule has 1 rings (SSSR count). The topological polar surface area (TPSA) is 75.8 Å². The lowest BCUT2D eigenvalue weighted by Gasteiger charge is -2.23. The summed E-state index contributed by atoms with van der Waals surface area (Å²) in [5.41, 5.74) is 5.60. The van der Waals surface area contributed by atoms with E-state index in [-0.39, 0.29) is 0 Å². The summed E-state index contributed by atoms with van der Waals surface area (Å²) in [6, 6.07) is 7.74. The van der Waals surface area contributed by atoms with E-state index < -0.39 is 11.5 Å². The first-order valence-corrected chi connectivity index (χ1v) is 6.24. The molecule has 0 fully saturated rings. The van der Waals surface area contributed by atoms with E-state index >= 15 is 0 Å². The fourth-order valence-electron chi connectivity index (χ4n) is 1.76. The minimum absolute atomic E-state index is 0.447. The smallest absolute Gasteiger partial charge is 0.323 e. The van der Waals surface area contributed by atoms with Crippen LogP contribution in [0.5, 0.6) is 5.75 Å². The average Bonchev–Trinajstić information content (AvgIpc) is 2.38. The summed E-state index contributed by atoms with van der Waals surface area (Å²) in [6.45, 7) is 2.30. The third-order valence-corrected chi connectivity index (χ3v) is 3.19. The normalized spacial score (nSPS) is 13.7. The molecule has 0 saturated carbocycles. The van der Waals surface area contributed by atoms with E-state index in [2.05, 4.69) is 4.90 Å². The van der Waals surface area contributed by atoms with Crippen LogP contribution in [0.2, 0.25) is 0 Å². The van der Waals surface area contributed by atoms with Gasteiger partial charge >= 0.3 is 5.97 Å². The highest BCUT2D eigenvalue weighted by Crippen LogP contribution is 2.19. The number of benzene rings is 1. The van der Waals surface area contributed by atoms with Gasteiger partial charge in [0.1, 0.15) is 11.3 Å². The number of aliphatic carboxylic acids is 1. The fourth-order valence-corrected chi connectivity index (χ4v) is 1.76. The van der Waals surface area contributed by atoms with E-state index in [1.54, 1.807) is 14.0 Å². The third-order valence-electron chi connectivity index (χ3n) is 3.19. The Morgan fingerprint density at radius 3 is 2.47 bits per heavy atom. The first kappa shape index (κ1) is 15.3. The molecule has 0 amide bonds. The van der Waals surface area contributed by atoms with Crippen molar-refractivity contribution in [1.82, 2.24) is 0 Å². The lowest BCUT2D eigenvalue weighted by molar-refractivity contribution is -0.142. The van der Waals surface area contributed by atoms with Crippen molar-refractivity contribution in [3.63, 3.8) is 0 Å². The molecule has 5 heteroatoms. The van der Waals surface area contributed by atoms with Gasteiger partial charge in [-0.2, -0.15) is 0 Å². The van der Waals surface area contributed by atoms with Gasteiger partial charge in [-0.1, -0.05) is 0 Å². The van der Waals surface area contributed by atoms with Crippen LogP contribution >= 0.6 is 0 Å². The largest absolute Gasteiger partial charge is 0.497 e. The van der Waals surface area contributed by atoms with Crippen molar-refractivity contribution in [1.29, 1.82) is 0 Å². The summed E-state index contributed by atoms with van der Waals surface area (Å²) in [4.78, 5) is 13.0. The number of carboxylic acids is 1. The highest BCUT2D eigenvalue weighted by atomic mass is 16.5. The lowest BCUT2D eigenvalue weighted by atomic mass is 9.97. The third kappa shape index (κ3) is 4.44. The average molecular weight is 266 g/mol. The lowest BCUT2D eigenvalue weighted by Crippen LogP contribution is -2.45. The van der Waals surface area contributed by atoms with Crippen LogP contribution in [-0.4, -0.2) is 37.3 Å². The summed E-state index contributed by atoms with van der Waals surface area (Å²) in [5.74, 6) is -0.142. The Hall–Kier alpha value is -1.75. The molecule has 1 unspecified atom stereocenters. The molecule has 5 nitrogen and oxygen atoms in total. The maximum Gasteiger partial charge on any atom is 0.323 e. The second-order valence-electron chi connectivity index (χ2n) is 4.95. The molecule has 1 aromatic carbocycles. The summed E-state index contributed by atoms with van der Waals surface area (Å²) in [7, 11) is 3.60. The van der Waals surface area contributed by atoms with Crippen LogP contribution in [-0.2, 0) is 4.79 Å². The van der Waals surface area contributed by atoms with Crippen molar-refractivity contribution in [2.24, 2.45) is 5.73 Å². The van der Waals surface area contributed by atoms with Crippen molar-refractivity contribution < 1.29 is 14.6 Å². The summed E-state index contributed by atoms with van der Waals surface area (Å²) >= 11 is 0. The second kappa shape index (κ2) is 6.43. The number of hydrogen-bond acceptors (Lipinski definition) is 4. The molecule has 0 radical (unpaired) electrons. The Kier molecular flexibility index (Phi) is 5.18. The van der Waals surface area contributed by atoms with E-state index in [4.69, 9.17) is 15.6 Å². The molecule has 0 aliphatic heterocycles. The molecule has 3 N–H and O–H groups in total. The predicted octanol–water partition coefficient (Wildman–Crippen LogP) is 1.71. The van der Waals surface area contributed by atoms with Crippen LogP contribution in [0.3, 0.4) is 0 Å². The number of methoxy groups -OCH3 is 1. The zero-order chi connectivity index (χ0) is 14.5. The van der Waals surface area contributed by atoms with E-state index in [1.807, 2.05) is 31.3 Å². The minimum atomic E-state index is -1.15. The standard InChI is InChI=1S/C14H22N2O3/c1-14(15,13(17)18)9-4-10-16(2)11-5-7-12(19-3)8-6-11/h5-8H,4,9-10,15H2,1-3H3,(H,17,18). The molecule has 0 spiro atoms. The highest BCUT2D eigenvalue weighted by molar-refractivity contribution is 5.77. The Labute approximate surface area is 114 Å². The van der Waals surface area contributed by atoms with Gasteiger partial charge in [-0.15, -0.1) is 0 Å². The van der Waals surface area contributed by atoms with Gasteiger partial charge in [-0.25, -0.2) is 0 Å². The number of rotatable bonds is 7. The SMILES string of the molecule is COc1ccc(N(C)CCCC(C)(N)C(=O)O)cc1. The van der Waals surface area contributed by atoms with Gasteiger partial charge in [0.2, 0.25) is 0 Å². The molecule has 19 heavy (non-hydrogen) atoms. The van der Waals surface area contributed by atoms with Gasteiger partial charge in [0.05, 0.1) is 7.11 Å². The van der Waals surface area contributed by atoms with E-state index in [0.717, 1.165) is 24.4 Å². The minimum Gasteiger partial charge on any atom is -0.497 e. The van der Waals surface area contributed by atoms with E-state index in [9.17, 15) is 4.79 Å². The zero-order valence-electron chi connectivity index (χ0n) is 11.7. The quantitative estimate of drug-likeness (QED) is 0.785. The summed E-state index contributed by atoms with van der Waals surface area (Å²) in [6.07, 6.45) is 1.17. The number of nitrogens with zero attached hydrogens (tertiary/aromatic N) is 1. The highest BCUT2D eigenvalue weighted by Gasteiger charge is 2.26. The van der Waals surface area contributed by atoms with Gasteiger partial charge in [0, 0.05) is 19.3 Å². The molecule has 0 aliphatic carbocycles. The molecule has 0 aromatic heterocycles. The van der Waals surface area contributed by atoms with Crippen molar-refractivity contribution in [3.05, 3.63) is 24.3 Å². The number of anilines is 1. The number of carboxylic acid groups (broad SMARTS) is 1. The number of carbonyl (C=O) groups is 1. The van der Waals surface area contributed by atoms with Crippen LogP contribution in [0.4, 0.5) is 5.69 Å². The van der Waals surface area contributed by atoms with E-state index in [1.165, 1.54) is 0 Å². The Balaban J connectivity index is 2.46. The summed E-state index contributed by atoms with van der Waals surface area (Å²) in [5, 5.41) is 8.93. The van der Waals surface area contributed by atoms with Crippen LogP contribution in [0, 0.1) is 0 Å². The van der Waals surface area contributed by atoms with Crippen LogP contribution < -0.4 is 15.4 Å². The van der Waals surface area contributed by atoms with Gasteiger partial charge in [0.15, 0.2) is 0 Å². The van der Waals surface area contributed by atoms with Crippen molar-refractivity contribution in [3.8, 4) is 5.75 Å². The fraction of sp³-hybridized carbons (Fsp3) is 0.500. The Bertz CT molecular complexity index is 415. The Morgan fingerprint density at radius 2 is 2.00 bits per heavy atom.